The highest BCUT2D eigenvalue weighted by Crippen LogP contribution is 2.19. The van der Waals surface area contributed by atoms with Gasteiger partial charge in [0, 0.05) is 19.2 Å². The van der Waals surface area contributed by atoms with Crippen LogP contribution >= 0.6 is 0 Å². The first-order valence-corrected chi connectivity index (χ1v) is 19.7. The van der Waals surface area contributed by atoms with Gasteiger partial charge in [-0.2, -0.15) is 0 Å². The van der Waals surface area contributed by atoms with Crippen molar-refractivity contribution in [2.24, 2.45) is 0 Å². The number of aliphatic hydroxyl groups excluding tert-OH is 1. The SMILES string of the molecule is CCCC(CCC)S(=O)(=O)C[C@H](NC(=O)O[C@H]1CCS(=O)(=O)C1)C(=O)N[C@@H](Cc1cc(F)cc(F)c1)[C@H](O)CNCc1cccc(C)c1. The number of aryl methyl sites for hydroxylation is 1. The number of ether oxygens (including phenoxy) is 1. The minimum atomic E-state index is -3.96. The normalized spacial score (nSPS) is 17.9. The molecule has 1 fully saturated rings. The second-order valence-corrected chi connectivity index (χ2v) is 17.0. The molecule has 268 valence electrons. The molecule has 0 aromatic heterocycles. The maximum atomic E-state index is 14.1. The molecule has 4 N–H and O–H groups in total. The van der Waals surface area contributed by atoms with E-state index in [1.807, 2.05) is 45.0 Å². The zero-order valence-corrected chi connectivity index (χ0v) is 29.2. The van der Waals surface area contributed by atoms with E-state index in [0.717, 1.165) is 23.3 Å². The van der Waals surface area contributed by atoms with Crippen molar-refractivity contribution in [2.45, 2.75) is 95.4 Å². The predicted molar refractivity (Wildman–Crippen MR) is 179 cm³/mol. The topological polar surface area (TPSA) is 168 Å². The summed E-state index contributed by atoms with van der Waals surface area (Å²) in [6.07, 6.45) is -1.78. The number of alkyl carbamates (subject to hydrolysis) is 1. The third-order valence-corrected chi connectivity index (χ3v) is 12.2. The first-order chi connectivity index (χ1) is 22.6. The molecular formula is C33H47F2N3O8S2. The number of benzene rings is 2. The fourth-order valence-electron chi connectivity index (χ4n) is 5.76. The molecule has 1 aliphatic heterocycles. The van der Waals surface area contributed by atoms with Gasteiger partial charge in [0.1, 0.15) is 23.8 Å². The van der Waals surface area contributed by atoms with E-state index in [1.54, 1.807) is 0 Å². The van der Waals surface area contributed by atoms with Crippen LogP contribution in [-0.2, 0) is 42.2 Å². The van der Waals surface area contributed by atoms with E-state index in [2.05, 4.69) is 16.0 Å². The summed E-state index contributed by atoms with van der Waals surface area (Å²) in [7, 11) is -7.35. The highest BCUT2D eigenvalue weighted by atomic mass is 32.2. The maximum absolute atomic E-state index is 14.1. The van der Waals surface area contributed by atoms with Crippen molar-refractivity contribution in [3.8, 4) is 0 Å². The molecule has 2 aromatic rings. The highest BCUT2D eigenvalue weighted by Gasteiger charge is 2.36. The van der Waals surface area contributed by atoms with E-state index in [9.17, 15) is 40.3 Å². The lowest BCUT2D eigenvalue weighted by Gasteiger charge is -2.28. The van der Waals surface area contributed by atoms with E-state index in [0.29, 0.717) is 38.3 Å². The molecule has 1 saturated heterocycles. The Labute approximate surface area is 282 Å². The highest BCUT2D eigenvalue weighted by molar-refractivity contribution is 7.92. The second kappa shape index (κ2) is 18.0. The Balaban J connectivity index is 1.85. The van der Waals surface area contributed by atoms with Gasteiger partial charge in [-0.15, -0.1) is 0 Å². The van der Waals surface area contributed by atoms with E-state index >= 15 is 0 Å². The fourth-order valence-corrected chi connectivity index (χ4v) is 9.51. The van der Waals surface area contributed by atoms with Crippen molar-refractivity contribution in [2.75, 3.05) is 23.8 Å². The van der Waals surface area contributed by atoms with Gasteiger partial charge in [-0.1, -0.05) is 56.5 Å². The van der Waals surface area contributed by atoms with Gasteiger partial charge in [0.05, 0.1) is 34.7 Å². The molecule has 11 nitrogen and oxygen atoms in total. The van der Waals surface area contributed by atoms with Crippen molar-refractivity contribution >= 4 is 31.7 Å². The summed E-state index contributed by atoms with van der Waals surface area (Å²) in [4.78, 5) is 26.7. The van der Waals surface area contributed by atoms with Crippen LogP contribution in [0, 0.1) is 18.6 Å². The van der Waals surface area contributed by atoms with Crippen LogP contribution in [0.3, 0.4) is 0 Å². The van der Waals surface area contributed by atoms with Gasteiger partial charge in [0.2, 0.25) is 5.91 Å². The van der Waals surface area contributed by atoms with Crippen LogP contribution in [0.15, 0.2) is 42.5 Å². The zero-order chi connectivity index (χ0) is 35.5. The molecule has 48 heavy (non-hydrogen) atoms. The Morgan fingerprint density at radius 3 is 2.27 bits per heavy atom. The first kappa shape index (κ1) is 39.3. The number of amides is 2. The summed E-state index contributed by atoms with van der Waals surface area (Å²) < 4.78 is 84.1. The number of hydrogen-bond donors (Lipinski definition) is 4. The third-order valence-electron chi connectivity index (χ3n) is 8.14. The van der Waals surface area contributed by atoms with E-state index in [1.165, 1.54) is 0 Å². The van der Waals surface area contributed by atoms with Gasteiger partial charge in [-0.3, -0.25) is 4.79 Å². The minimum absolute atomic E-state index is 0.0552. The summed E-state index contributed by atoms with van der Waals surface area (Å²) in [6.45, 7) is 5.92. The Morgan fingerprint density at radius 2 is 1.69 bits per heavy atom. The molecule has 0 unspecified atom stereocenters. The third kappa shape index (κ3) is 12.7. The number of carbonyl (C=O) groups is 2. The molecule has 0 saturated carbocycles. The van der Waals surface area contributed by atoms with Crippen LogP contribution in [0.4, 0.5) is 13.6 Å². The van der Waals surface area contributed by atoms with Gasteiger partial charge in [-0.25, -0.2) is 30.4 Å². The van der Waals surface area contributed by atoms with Crippen LogP contribution < -0.4 is 16.0 Å². The minimum Gasteiger partial charge on any atom is -0.445 e. The van der Waals surface area contributed by atoms with Crippen LogP contribution in [0.2, 0.25) is 0 Å². The Bertz CT molecular complexity index is 1580. The molecule has 0 aliphatic carbocycles. The van der Waals surface area contributed by atoms with Gasteiger partial charge >= 0.3 is 6.09 Å². The summed E-state index contributed by atoms with van der Waals surface area (Å²) in [5.74, 6) is -4.04. The van der Waals surface area contributed by atoms with Crippen LogP contribution in [0.5, 0.6) is 0 Å². The van der Waals surface area contributed by atoms with Crippen LogP contribution in [0.1, 0.15) is 62.6 Å². The molecule has 0 bridgehead atoms. The predicted octanol–water partition coefficient (Wildman–Crippen LogP) is 3.12. The number of nitrogens with one attached hydrogen (secondary N) is 3. The summed E-state index contributed by atoms with van der Waals surface area (Å²) in [5, 5.41) is 18.4. The number of aliphatic hydroxyl groups is 1. The molecule has 0 spiro atoms. The van der Waals surface area contributed by atoms with Gasteiger partial charge in [-0.05, 0) is 55.9 Å². The molecule has 3 rings (SSSR count). The second-order valence-electron chi connectivity index (χ2n) is 12.4. The summed E-state index contributed by atoms with van der Waals surface area (Å²) in [5.41, 5.74) is 2.10. The average molecular weight is 716 g/mol. The lowest BCUT2D eigenvalue weighted by atomic mass is 10.00. The fraction of sp³-hybridized carbons (Fsp3) is 0.576. The number of sulfone groups is 2. The number of halogens is 2. The molecule has 2 amide bonds. The summed E-state index contributed by atoms with van der Waals surface area (Å²) in [6, 6.07) is 7.61. The molecule has 15 heteroatoms. The van der Waals surface area contributed by atoms with Crippen molar-refractivity contribution in [1.82, 2.24) is 16.0 Å². The molecular weight excluding hydrogens is 669 g/mol. The van der Waals surface area contributed by atoms with E-state index in [4.69, 9.17) is 4.74 Å². The van der Waals surface area contributed by atoms with Crippen LogP contribution in [-0.4, -0.2) is 87.3 Å². The zero-order valence-electron chi connectivity index (χ0n) is 27.6. The number of rotatable bonds is 18. The van der Waals surface area contributed by atoms with Crippen LogP contribution in [0.25, 0.3) is 0 Å². The van der Waals surface area contributed by atoms with Gasteiger partial charge in [0.15, 0.2) is 19.7 Å². The van der Waals surface area contributed by atoms with Gasteiger partial charge in [0.25, 0.3) is 0 Å². The lowest BCUT2D eigenvalue weighted by molar-refractivity contribution is -0.124. The first-order valence-electron chi connectivity index (χ1n) is 16.2. The largest absolute Gasteiger partial charge is 0.445 e. The molecule has 1 heterocycles. The van der Waals surface area contributed by atoms with Crippen molar-refractivity contribution < 1.29 is 45.0 Å². The molecule has 4 atom stereocenters. The monoisotopic (exact) mass is 715 g/mol. The average Bonchev–Trinajstić information content (AvgIpc) is 3.33. The Morgan fingerprint density at radius 1 is 1.02 bits per heavy atom. The standard InChI is InChI=1S/C33H47F2N3O8S2/c1-4-7-28(8-5-2)48(44,45)21-30(38-33(41)46-27-11-12-47(42,43)20-27)32(40)37-29(16-24-14-25(34)17-26(35)15-24)31(39)19-36-18-23-10-6-9-22(3)13-23/h6,9-10,13-15,17,27-31,36,39H,4-5,7-8,11-12,16,18-21H2,1-3H3,(H,37,40)(H,38,41)/t27-,29-,30-,31+/m0/s1. The molecule has 0 radical (unpaired) electrons. The van der Waals surface area contributed by atoms with Crippen molar-refractivity contribution in [3.05, 3.63) is 70.8 Å². The van der Waals surface area contributed by atoms with E-state index in [-0.39, 0.29) is 30.7 Å². The van der Waals surface area contributed by atoms with Crippen molar-refractivity contribution in [1.29, 1.82) is 0 Å². The smallest absolute Gasteiger partial charge is 0.408 e. The number of hydrogen-bond acceptors (Lipinski definition) is 9. The molecule has 1 aliphatic rings. The quantitative estimate of drug-likeness (QED) is 0.181. The van der Waals surface area contributed by atoms with Gasteiger partial charge < -0.3 is 25.8 Å². The lowest BCUT2D eigenvalue weighted by Crippen LogP contribution is -2.57. The molecule has 2 aromatic carbocycles. The maximum Gasteiger partial charge on any atom is 0.408 e. The van der Waals surface area contributed by atoms with Crippen molar-refractivity contribution in [3.63, 3.8) is 0 Å². The van der Waals surface area contributed by atoms with E-state index < -0.39 is 84.4 Å². The Kier molecular flexibility index (Phi) is 14.8. The number of carbonyl (C=O) groups excluding carboxylic acids is 2. The Hall–Kier alpha value is -3.14. The summed E-state index contributed by atoms with van der Waals surface area (Å²) >= 11 is 0.